The van der Waals surface area contributed by atoms with Gasteiger partial charge in [-0.25, -0.2) is 22.5 Å². The Bertz CT molecular complexity index is 1230. The Morgan fingerprint density at radius 2 is 1.59 bits per heavy atom. The van der Waals surface area contributed by atoms with Crippen molar-refractivity contribution in [3.8, 4) is 0 Å². The molecule has 1 aromatic carbocycles. The minimum Gasteiger partial charge on any atom is -0.344 e. The highest BCUT2D eigenvalue weighted by Gasteiger charge is 2.29. The molecule has 0 radical (unpaired) electrons. The zero-order chi connectivity index (χ0) is 23.7. The number of rotatable bonds is 5. The summed E-state index contributed by atoms with van der Waals surface area (Å²) >= 11 is 0. The molecule has 3 rings (SSSR count). The Morgan fingerprint density at radius 3 is 2.16 bits per heavy atom. The third kappa shape index (κ3) is 4.22. The minimum atomic E-state index is -1.68. The van der Waals surface area contributed by atoms with Crippen LogP contribution in [0.25, 0.3) is 0 Å². The Kier molecular flexibility index (Phi) is 6.10. The number of carbonyl (C=O) groups is 3. The quantitative estimate of drug-likeness (QED) is 0.270. The van der Waals surface area contributed by atoms with Gasteiger partial charge < -0.3 is 15.2 Å². The van der Waals surface area contributed by atoms with Crippen LogP contribution in [0, 0.1) is 37.1 Å². The van der Waals surface area contributed by atoms with Gasteiger partial charge in [0.2, 0.25) is 0 Å². The molecule has 0 spiro atoms. The molecular weight excluding hydrogens is 432 g/mol. The van der Waals surface area contributed by atoms with Crippen molar-refractivity contribution < 1.29 is 31.9 Å². The predicted molar refractivity (Wildman–Crippen MR) is 106 cm³/mol. The minimum absolute atomic E-state index is 0.00583. The molecule has 11 heteroatoms. The van der Waals surface area contributed by atoms with Crippen molar-refractivity contribution in [1.29, 1.82) is 0 Å². The summed E-state index contributed by atoms with van der Waals surface area (Å²) in [4.78, 5) is 41.5. The first kappa shape index (κ1) is 22.7. The number of hydrogen-bond acceptors (Lipinski definition) is 4. The molecule has 0 atom stereocenters. The second-order valence-electron chi connectivity index (χ2n) is 6.85. The normalized spacial score (nSPS) is 10.7. The number of nitrogens with one attached hydrogen (secondary N) is 2. The molecule has 0 saturated heterocycles. The number of anilines is 2. The number of Topliss-reactive ketones (excluding diaryl/α,β-unsaturated/α-hetero) is 1. The third-order valence-electron chi connectivity index (χ3n) is 4.79. The molecular formula is C21H16F4N4O3. The number of carbonyl (C=O) groups excluding carboxylic acids is 3. The summed E-state index contributed by atoms with van der Waals surface area (Å²) in [7, 11) is 1.45. The molecule has 0 aliphatic carbocycles. The molecule has 7 nitrogen and oxygen atoms in total. The van der Waals surface area contributed by atoms with Gasteiger partial charge in [0.15, 0.2) is 17.5 Å². The Balaban J connectivity index is 1.89. The second kappa shape index (κ2) is 8.61. The van der Waals surface area contributed by atoms with Crippen LogP contribution < -0.4 is 10.6 Å². The van der Waals surface area contributed by atoms with Crippen LogP contribution in [-0.2, 0) is 11.8 Å². The molecule has 0 fully saturated rings. The molecule has 166 valence electrons. The molecule has 32 heavy (non-hydrogen) atoms. The first-order chi connectivity index (χ1) is 15.0. The van der Waals surface area contributed by atoms with E-state index in [0.29, 0.717) is 17.8 Å². The molecule has 2 aromatic heterocycles. The highest BCUT2D eigenvalue weighted by atomic mass is 19.2. The highest BCUT2D eigenvalue weighted by molar-refractivity contribution is 6.46. The summed E-state index contributed by atoms with van der Waals surface area (Å²) in [6.07, 6.45) is 0.863. The Morgan fingerprint density at radius 1 is 0.969 bits per heavy atom. The number of aromatic nitrogens is 2. The van der Waals surface area contributed by atoms with Gasteiger partial charge in [0.25, 0.3) is 17.6 Å². The van der Waals surface area contributed by atoms with E-state index in [9.17, 15) is 31.9 Å². The van der Waals surface area contributed by atoms with Crippen LogP contribution in [0.5, 0.6) is 0 Å². The summed E-state index contributed by atoms with van der Waals surface area (Å²) in [6, 6.07) is 3.44. The molecule has 3 aromatic rings. The van der Waals surface area contributed by atoms with Gasteiger partial charge in [-0.1, -0.05) is 0 Å². The van der Waals surface area contributed by atoms with Crippen molar-refractivity contribution in [1.82, 2.24) is 9.55 Å². The van der Waals surface area contributed by atoms with Gasteiger partial charge >= 0.3 is 0 Å². The topological polar surface area (TPSA) is 93.1 Å². The molecule has 0 aliphatic rings. The lowest BCUT2D eigenvalue weighted by Gasteiger charge is -2.07. The van der Waals surface area contributed by atoms with E-state index < -0.39 is 40.9 Å². The van der Waals surface area contributed by atoms with E-state index in [4.69, 9.17) is 0 Å². The standard InChI is InChI=1S/C21H16F4N4O3/c1-9-16(20(31)27-12-6-13(23)17(25)14(24)7-12)10(2)29(3)18(9)19(30)21(32)28-15-5-4-11(22)8-26-15/h4-8H,1-3H3,(H,27,31)(H,26,28,32). The summed E-state index contributed by atoms with van der Waals surface area (Å²) in [5.74, 6) is -8.19. The fraction of sp³-hybridized carbons (Fsp3) is 0.143. The zero-order valence-electron chi connectivity index (χ0n) is 17.0. The van der Waals surface area contributed by atoms with Crippen LogP contribution in [0.4, 0.5) is 29.1 Å². The van der Waals surface area contributed by atoms with E-state index in [-0.39, 0.29) is 28.3 Å². The van der Waals surface area contributed by atoms with Gasteiger partial charge in [0, 0.05) is 30.6 Å². The summed E-state index contributed by atoms with van der Waals surface area (Å²) < 4.78 is 54.3. The number of amides is 2. The molecule has 0 aliphatic heterocycles. The fourth-order valence-corrected chi connectivity index (χ4v) is 3.19. The van der Waals surface area contributed by atoms with Crippen LogP contribution in [0.1, 0.15) is 32.1 Å². The molecule has 2 heterocycles. The largest absolute Gasteiger partial charge is 0.344 e. The van der Waals surface area contributed by atoms with Crippen LogP contribution in [0.15, 0.2) is 30.5 Å². The van der Waals surface area contributed by atoms with Crippen molar-refractivity contribution in [3.63, 3.8) is 0 Å². The maximum Gasteiger partial charge on any atom is 0.299 e. The van der Waals surface area contributed by atoms with E-state index >= 15 is 0 Å². The maximum absolute atomic E-state index is 13.4. The van der Waals surface area contributed by atoms with Gasteiger partial charge in [0.05, 0.1) is 17.5 Å². The van der Waals surface area contributed by atoms with E-state index in [2.05, 4.69) is 15.6 Å². The lowest BCUT2D eigenvalue weighted by atomic mass is 10.1. The third-order valence-corrected chi connectivity index (χ3v) is 4.79. The molecule has 0 saturated carbocycles. The van der Waals surface area contributed by atoms with E-state index in [0.717, 1.165) is 12.3 Å². The van der Waals surface area contributed by atoms with Crippen LogP contribution >= 0.6 is 0 Å². The van der Waals surface area contributed by atoms with Gasteiger partial charge in [-0.15, -0.1) is 0 Å². The van der Waals surface area contributed by atoms with Crippen molar-refractivity contribution in [3.05, 3.63) is 76.2 Å². The van der Waals surface area contributed by atoms with Crippen molar-refractivity contribution in [2.75, 3.05) is 10.6 Å². The summed E-state index contributed by atoms with van der Waals surface area (Å²) in [6.45, 7) is 2.92. The van der Waals surface area contributed by atoms with Crippen molar-refractivity contribution in [2.45, 2.75) is 13.8 Å². The number of hydrogen-bond donors (Lipinski definition) is 2. The maximum atomic E-state index is 13.4. The summed E-state index contributed by atoms with van der Waals surface area (Å²) in [5, 5.41) is 4.48. The molecule has 0 unspecified atom stereocenters. The van der Waals surface area contributed by atoms with Gasteiger partial charge in [-0.2, -0.15) is 0 Å². The number of halogens is 4. The monoisotopic (exact) mass is 448 g/mol. The SMILES string of the molecule is Cc1c(C(=O)Nc2cc(F)c(F)c(F)c2)c(C)n(C)c1C(=O)C(=O)Nc1ccc(F)cn1. The number of nitrogens with zero attached hydrogens (tertiary/aromatic N) is 2. The number of ketones is 1. The fourth-order valence-electron chi connectivity index (χ4n) is 3.19. The highest BCUT2D eigenvalue weighted by Crippen LogP contribution is 2.24. The van der Waals surface area contributed by atoms with Crippen LogP contribution in [0.3, 0.4) is 0 Å². The van der Waals surface area contributed by atoms with Crippen LogP contribution in [0.2, 0.25) is 0 Å². The number of benzene rings is 1. The first-order valence-corrected chi connectivity index (χ1v) is 9.10. The predicted octanol–water partition coefficient (Wildman–Crippen LogP) is 3.67. The average Bonchev–Trinajstić information content (AvgIpc) is 2.95. The van der Waals surface area contributed by atoms with Crippen LogP contribution in [-0.4, -0.2) is 27.1 Å². The lowest BCUT2D eigenvalue weighted by Crippen LogP contribution is -2.26. The second-order valence-corrected chi connectivity index (χ2v) is 6.85. The Labute approximate surface area is 179 Å². The smallest absolute Gasteiger partial charge is 0.299 e. The summed E-state index contributed by atoms with van der Waals surface area (Å²) in [5.41, 5.74) is -0.0173. The lowest BCUT2D eigenvalue weighted by molar-refractivity contribution is -0.112. The van der Waals surface area contributed by atoms with Gasteiger partial charge in [-0.05, 0) is 31.5 Å². The van der Waals surface area contributed by atoms with Crippen molar-refractivity contribution in [2.24, 2.45) is 7.05 Å². The average molecular weight is 448 g/mol. The van der Waals surface area contributed by atoms with Crippen molar-refractivity contribution >= 4 is 29.1 Å². The van der Waals surface area contributed by atoms with E-state index in [1.54, 1.807) is 0 Å². The molecule has 0 bridgehead atoms. The molecule has 2 N–H and O–H groups in total. The Hall–Kier alpha value is -4.02. The van der Waals surface area contributed by atoms with Gasteiger partial charge in [-0.3, -0.25) is 14.4 Å². The van der Waals surface area contributed by atoms with E-state index in [1.807, 2.05) is 0 Å². The first-order valence-electron chi connectivity index (χ1n) is 9.10. The zero-order valence-corrected chi connectivity index (χ0v) is 17.0. The molecule has 2 amide bonds. The van der Waals surface area contributed by atoms with Gasteiger partial charge in [0.1, 0.15) is 11.6 Å². The number of pyridine rings is 1. The van der Waals surface area contributed by atoms with E-state index in [1.165, 1.54) is 31.5 Å².